The first kappa shape index (κ1) is 8.88. The van der Waals surface area contributed by atoms with Crippen molar-refractivity contribution in [2.24, 2.45) is 0 Å². The molecule has 0 radical (unpaired) electrons. The number of hydrogen-bond acceptors (Lipinski definition) is 2. The normalized spacial score (nSPS) is 8.89. The van der Waals surface area contributed by atoms with Crippen molar-refractivity contribution >= 4 is 10.3 Å². The van der Waals surface area contributed by atoms with E-state index in [1.54, 1.807) is 0 Å². The van der Waals surface area contributed by atoms with Gasteiger partial charge in [0.2, 0.25) is 0 Å². The van der Waals surface area contributed by atoms with Crippen molar-refractivity contribution < 1.29 is 26.9 Å². The molecule has 2 N–H and O–H groups in total. The first-order valence-corrected chi connectivity index (χ1v) is 3.37. The van der Waals surface area contributed by atoms with Gasteiger partial charge in [-0.3, -0.25) is 0 Å². The summed E-state index contributed by atoms with van der Waals surface area (Å²) >= 11 is 2.30. The van der Waals surface area contributed by atoms with Gasteiger partial charge in [-0.15, -0.1) is 0 Å². The zero-order chi connectivity index (χ0) is 7.28. The SMILES string of the molecule is CC[C](=[V])NCC(=O)O. The Morgan fingerprint density at radius 1 is 1.78 bits per heavy atom. The van der Waals surface area contributed by atoms with E-state index in [0.717, 1.165) is 10.8 Å². The third-order valence-corrected chi connectivity index (χ3v) is 1.52. The predicted molar refractivity (Wildman–Crippen MR) is 30.9 cm³/mol. The second kappa shape index (κ2) is 4.73. The monoisotopic (exact) mass is 166 g/mol. The molecule has 51 valence electrons. The quantitative estimate of drug-likeness (QED) is 0.605. The van der Waals surface area contributed by atoms with Crippen LogP contribution in [-0.4, -0.2) is 22.0 Å². The Hall–Kier alpha value is -0.116. The van der Waals surface area contributed by atoms with Gasteiger partial charge in [0.15, 0.2) is 0 Å². The summed E-state index contributed by atoms with van der Waals surface area (Å²) in [5.74, 6) is -0.827. The van der Waals surface area contributed by atoms with Gasteiger partial charge in [0.1, 0.15) is 0 Å². The maximum absolute atomic E-state index is 9.94. The molecule has 9 heavy (non-hydrogen) atoms. The van der Waals surface area contributed by atoms with Crippen LogP contribution in [0.2, 0.25) is 0 Å². The van der Waals surface area contributed by atoms with Gasteiger partial charge >= 0.3 is 62.4 Å². The molecule has 0 spiro atoms. The van der Waals surface area contributed by atoms with E-state index in [1.807, 2.05) is 6.92 Å². The van der Waals surface area contributed by atoms with Gasteiger partial charge < -0.3 is 0 Å². The summed E-state index contributed by atoms with van der Waals surface area (Å²) in [4.78, 5) is 9.94. The fraction of sp³-hybridized carbons (Fsp3) is 0.600. The first-order chi connectivity index (χ1) is 4.16. The molecule has 0 aliphatic rings. The standard InChI is InChI=1S/C5H9NO2.V/c1-2-3-6-4-5(7)8;/h6H,2,4H2,1H3,(H,7,8);. The molecule has 0 amide bonds. The van der Waals surface area contributed by atoms with Gasteiger partial charge in [-0.05, 0) is 0 Å². The van der Waals surface area contributed by atoms with E-state index < -0.39 is 5.97 Å². The minimum absolute atomic E-state index is 0.0118. The molecule has 0 atom stereocenters. The number of aliphatic carboxylic acids is 1. The van der Waals surface area contributed by atoms with Crippen LogP contribution >= 0.6 is 0 Å². The van der Waals surface area contributed by atoms with Crippen LogP contribution < -0.4 is 5.32 Å². The predicted octanol–water partition coefficient (Wildman–Crippen LogP) is -0.253. The second-order valence-corrected chi connectivity index (χ2v) is 2.39. The Morgan fingerprint density at radius 3 is 2.67 bits per heavy atom. The van der Waals surface area contributed by atoms with Crippen molar-refractivity contribution in [3.8, 4) is 0 Å². The van der Waals surface area contributed by atoms with Crippen LogP contribution in [-0.2, 0) is 21.8 Å². The second-order valence-electron chi connectivity index (χ2n) is 1.55. The number of carboxylic acid groups (broad SMARTS) is 1. The average Bonchev–Trinajstić information content (AvgIpc) is 1.83. The van der Waals surface area contributed by atoms with Crippen LogP contribution in [0.15, 0.2) is 0 Å². The summed E-state index contributed by atoms with van der Waals surface area (Å²) < 4.78 is 0.949. The van der Waals surface area contributed by atoms with E-state index in [4.69, 9.17) is 5.11 Å². The first-order valence-electron chi connectivity index (χ1n) is 2.67. The molecular formula is C5H9NO2V. The van der Waals surface area contributed by atoms with Crippen LogP contribution in [0, 0.1) is 0 Å². The van der Waals surface area contributed by atoms with Crippen LogP contribution in [0.1, 0.15) is 13.3 Å². The Labute approximate surface area is 62.9 Å². The van der Waals surface area contributed by atoms with Crippen LogP contribution in [0.3, 0.4) is 0 Å². The Bertz CT molecular complexity index is 124. The van der Waals surface area contributed by atoms with Gasteiger partial charge in [0, 0.05) is 0 Å². The summed E-state index contributed by atoms with van der Waals surface area (Å²) in [5.41, 5.74) is 0. The minimum atomic E-state index is -0.827. The molecule has 0 heterocycles. The summed E-state index contributed by atoms with van der Waals surface area (Å²) in [6.45, 7) is 1.97. The number of carboxylic acids is 1. The molecule has 0 fully saturated rings. The summed E-state index contributed by atoms with van der Waals surface area (Å²) in [5, 5.41) is 10.9. The third-order valence-electron chi connectivity index (χ3n) is 0.779. The van der Waals surface area contributed by atoms with Gasteiger partial charge in [-0.2, -0.15) is 0 Å². The number of rotatable bonds is 4. The van der Waals surface area contributed by atoms with E-state index in [0.29, 0.717) is 0 Å². The molecule has 0 saturated carbocycles. The van der Waals surface area contributed by atoms with Crippen LogP contribution in [0.5, 0.6) is 0 Å². The molecule has 4 heteroatoms. The van der Waals surface area contributed by atoms with Crippen molar-refractivity contribution in [2.45, 2.75) is 13.3 Å². The molecule has 0 aromatic carbocycles. The molecule has 3 nitrogen and oxygen atoms in total. The number of hydrogen-bond donors (Lipinski definition) is 2. The Balaban J connectivity index is 3.28. The number of carbonyl (C=O) groups is 1. The van der Waals surface area contributed by atoms with E-state index in [1.165, 1.54) is 0 Å². The van der Waals surface area contributed by atoms with E-state index in [2.05, 4.69) is 22.3 Å². The van der Waals surface area contributed by atoms with Gasteiger partial charge in [0.25, 0.3) is 0 Å². The molecule has 0 aliphatic heterocycles. The van der Waals surface area contributed by atoms with Crippen LogP contribution in [0.4, 0.5) is 0 Å². The van der Waals surface area contributed by atoms with Gasteiger partial charge in [-0.1, -0.05) is 0 Å². The van der Waals surface area contributed by atoms with Crippen molar-refractivity contribution in [3.05, 3.63) is 0 Å². The van der Waals surface area contributed by atoms with Gasteiger partial charge in [-0.25, -0.2) is 0 Å². The maximum atomic E-state index is 9.94. The van der Waals surface area contributed by atoms with Crippen molar-refractivity contribution in [3.63, 3.8) is 0 Å². The fourth-order valence-electron chi connectivity index (χ4n) is 0.303. The van der Waals surface area contributed by atoms with E-state index >= 15 is 0 Å². The van der Waals surface area contributed by atoms with Crippen molar-refractivity contribution in [2.75, 3.05) is 6.54 Å². The fourth-order valence-corrected chi connectivity index (χ4v) is 0.426. The zero-order valence-corrected chi connectivity index (χ0v) is 6.61. The van der Waals surface area contributed by atoms with Crippen molar-refractivity contribution in [1.82, 2.24) is 5.32 Å². The molecule has 0 unspecified atom stereocenters. The topological polar surface area (TPSA) is 49.3 Å². The molecule has 0 bridgehead atoms. The Kier molecular flexibility index (Phi) is 4.67. The molecule has 0 saturated heterocycles. The third kappa shape index (κ3) is 5.76. The van der Waals surface area contributed by atoms with Gasteiger partial charge in [0.05, 0.1) is 0 Å². The molecule has 0 aliphatic carbocycles. The molecule has 0 rings (SSSR count). The molecule has 0 aromatic heterocycles. The molecule has 0 aromatic rings. The van der Waals surface area contributed by atoms with Crippen molar-refractivity contribution in [1.29, 1.82) is 0 Å². The van der Waals surface area contributed by atoms with E-state index in [9.17, 15) is 4.79 Å². The zero-order valence-electron chi connectivity index (χ0n) is 5.22. The van der Waals surface area contributed by atoms with Crippen LogP contribution in [0.25, 0.3) is 0 Å². The summed E-state index contributed by atoms with van der Waals surface area (Å²) in [6.07, 6.45) is 0.854. The summed E-state index contributed by atoms with van der Waals surface area (Å²) in [6, 6.07) is 0. The number of nitrogens with one attached hydrogen (secondary N) is 1. The Morgan fingerprint density at radius 2 is 2.33 bits per heavy atom. The average molecular weight is 166 g/mol. The summed E-state index contributed by atoms with van der Waals surface area (Å²) in [7, 11) is 0. The van der Waals surface area contributed by atoms with E-state index in [-0.39, 0.29) is 6.54 Å². The molecular weight excluding hydrogens is 157 g/mol.